The van der Waals surface area contributed by atoms with E-state index < -0.39 is 35.7 Å². The number of rotatable bonds is 4. The maximum absolute atomic E-state index is 13.8. The molecule has 0 saturated carbocycles. The average molecular weight is 426 g/mol. The Labute approximate surface area is 160 Å². The minimum atomic E-state index is -5.55. The summed E-state index contributed by atoms with van der Waals surface area (Å²) in [5.41, 5.74) is 0.313. The quantitative estimate of drug-likeness (QED) is 0.577. The van der Waals surface area contributed by atoms with E-state index in [0.717, 1.165) is 13.3 Å². The molecular formula is C16H13ClF5N3O3. The minimum Gasteiger partial charge on any atom is -0.433 e. The lowest BCUT2D eigenvalue weighted by molar-refractivity contribution is -0.246. The summed E-state index contributed by atoms with van der Waals surface area (Å²) in [5.74, 6) is -6.99. The predicted molar refractivity (Wildman–Crippen MR) is 85.0 cm³/mol. The molecule has 1 aliphatic heterocycles. The Bertz CT molecular complexity index is 875. The molecule has 12 heteroatoms. The van der Waals surface area contributed by atoms with Crippen LogP contribution >= 0.6 is 11.6 Å². The van der Waals surface area contributed by atoms with Gasteiger partial charge in [0.25, 0.3) is 11.6 Å². The summed E-state index contributed by atoms with van der Waals surface area (Å²) in [5, 5.41) is 6.62. The molecule has 0 amide bonds. The molecule has 2 aromatic rings. The Balaban J connectivity index is 2.03. The van der Waals surface area contributed by atoms with Gasteiger partial charge in [0.05, 0.1) is 0 Å². The van der Waals surface area contributed by atoms with Gasteiger partial charge in [-0.2, -0.15) is 27.1 Å². The number of hydrogen-bond acceptors (Lipinski definition) is 5. The van der Waals surface area contributed by atoms with Crippen molar-refractivity contribution in [3.05, 3.63) is 58.8 Å². The Kier molecular flexibility index (Phi) is 5.11. The van der Waals surface area contributed by atoms with Gasteiger partial charge in [0.15, 0.2) is 5.82 Å². The van der Waals surface area contributed by atoms with Crippen LogP contribution in [0.4, 0.5) is 22.0 Å². The largest absolute Gasteiger partial charge is 0.449 e. The molecular weight excluding hydrogens is 413 g/mol. The number of nitrogens with zero attached hydrogens (tertiary/aromatic N) is 2. The molecule has 152 valence electrons. The fourth-order valence-corrected chi connectivity index (χ4v) is 2.71. The fraction of sp³-hybridized carbons (Fsp3) is 0.375. The number of nitrogens with one attached hydrogen (secondary N) is 1. The van der Waals surface area contributed by atoms with Gasteiger partial charge >= 0.3 is 12.2 Å². The van der Waals surface area contributed by atoms with Crippen LogP contribution in [0.25, 0.3) is 0 Å². The zero-order chi connectivity index (χ0) is 20.7. The van der Waals surface area contributed by atoms with Crippen LogP contribution in [0, 0.1) is 0 Å². The van der Waals surface area contributed by atoms with Crippen molar-refractivity contribution < 1.29 is 36.2 Å². The third-order valence-electron chi connectivity index (χ3n) is 4.09. The standard InChI is InChI=1S/C16H13ClF5N3O3/c1-8-14(2,27-12(19)11(18)16(20,21)22)28-15(26-8,13-23-7-24-25-13)9-3-5-10(17)6-4-9/h3-8H,1-2H3,(H,23,24,25). The molecule has 3 atom stereocenters. The smallest absolute Gasteiger partial charge is 0.433 e. The summed E-state index contributed by atoms with van der Waals surface area (Å²) < 4.78 is 80.3. The van der Waals surface area contributed by atoms with Crippen molar-refractivity contribution in [2.24, 2.45) is 0 Å². The first-order chi connectivity index (χ1) is 13.0. The van der Waals surface area contributed by atoms with E-state index in [0.29, 0.717) is 10.6 Å². The number of H-pyrrole nitrogens is 1. The highest BCUT2D eigenvalue weighted by Crippen LogP contribution is 2.48. The SMILES string of the molecule is CC1OC(c2ccc(Cl)cc2)(c2ncn[nH]2)OC1(C)OC(F)=C(F)C(F)(F)F. The topological polar surface area (TPSA) is 69.3 Å². The van der Waals surface area contributed by atoms with E-state index in [1.807, 2.05) is 0 Å². The van der Waals surface area contributed by atoms with E-state index in [4.69, 9.17) is 21.1 Å². The van der Waals surface area contributed by atoms with Crippen LogP contribution in [-0.2, 0) is 20.0 Å². The van der Waals surface area contributed by atoms with E-state index in [-0.39, 0.29) is 5.82 Å². The monoisotopic (exact) mass is 425 g/mol. The van der Waals surface area contributed by atoms with E-state index in [9.17, 15) is 22.0 Å². The minimum absolute atomic E-state index is 0.00896. The number of alkyl halides is 3. The predicted octanol–water partition coefficient (Wildman–Crippen LogP) is 4.50. The van der Waals surface area contributed by atoms with Crippen LogP contribution in [0.5, 0.6) is 0 Å². The first-order valence-corrected chi connectivity index (χ1v) is 8.17. The first-order valence-electron chi connectivity index (χ1n) is 7.79. The number of allylic oxidation sites excluding steroid dienone is 1. The Morgan fingerprint density at radius 1 is 1.25 bits per heavy atom. The van der Waals surface area contributed by atoms with Crippen molar-refractivity contribution in [3.8, 4) is 0 Å². The molecule has 1 N–H and O–H groups in total. The Hall–Kier alpha value is -2.24. The molecule has 1 aromatic carbocycles. The van der Waals surface area contributed by atoms with Gasteiger partial charge in [0, 0.05) is 17.5 Å². The molecule has 1 aliphatic rings. The van der Waals surface area contributed by atoms with Gasteiger partial charge in [0.1, 0.15) is 12.4 Å². The van der Waals surface area contributed by atoms with Crippen LogP contribution in [0.15, 0.2) is 42.4 Å². The van der Waals surface area contributed by atoms with Crippen molar-refractivity contribution in [2.75, 3.05) is 0 Å². The number of aromatic nitrogens is 3. The van der Waals surface area contributed by atoms with Gasteiger partial charge in [-0.1, -0.05) is 23.7 Å². The van der Waals surface area contributed by atoms with Crippen LogP contribution in [0.2, 0.25) is 5.02 Å². The van der Waals surface area contributed by atoms with Gasteiger partial charge in [-0.05, 0) is 19.1 Å². The van der Waals surface area contributed by atoms with Crippen molar-refractivity contribution in [1.82, 2.24) is 15.2 Å². The van der Waals surface area contributed by atoms with Crippen molar-refractivity contribution in [1.29, 1.82) is 0 Å². The Morgan fingerprint density at radius 2 is 1.89 bits per heavy atom. The maximum Gasteiger partial charge on any atom is 0.449 e. The van der Waals surface area contributed by atoms with Crippen LogP contribution in [0.1, 0.15) is 25.2 Å². The molecule has 28 heavy (non-hydrogen) atoms. The molecule has 0 spiro atoms. The summed E-state index contributed by atoms with van der Waals surface area (Å²) in [6.45, 7) is 2.46. The highest BCUT2D eigenvalue weighted by atomic mass is 35.5. The molecule has 0 radical (unpaired) electrons. The Morgan fingerprint density at radius 3 is 2.43 bits per heavy atom. The van der Waals surface area contributed by atoms with E-state index in [1.54, 1.807) is 0 Å². The lowest BCUT2D eigenvalue weighted by Gasteiger charge is -2.29. The van der Waals surface area contributed by atoms with Crippen LogP contribution in [-0.4, -0.2) is 33.2 Å². The van der Waals surface area contributed by atoms with Crippen molar-refractivity contribution >= 4 is 11.6 Å². The molecule has 1 aromatic heterocycles. The third-order valence-corrected chi connectivity index (χ3v) is 4.34. The normalized spacial score (nSPS) is 28.9. The highest BCUT2D eigenvalue weighted by Gasteiger charge is 2.59. The van der Waals surface area contributed by atoms with E-state index in [1.165, 1.54) is 31.2 Å². The second kappa shape index (κ2) is 6.98. The zero-order valence-corrected chi connectivity index (χ0v) is 15.1. The van der Waals surface area contributed by atoms with Gasteiger partial charge < -0.3 is 9.47 Å². The molecule has 0 aliphatic carbocycles. The summed E-state index contributed by atoms with van der Waals surface area (Å²) in [6.07, 6.45) is -5.56. The molecule has 1 saturated heterocycles. The molecule has 0 bridgehead atoms. The average Bonchev–Trinajstić information content (AvgIpc) is 3.22. The second-order valence-corrected chi connectivity index (χ2v) is 6.46. The zero-order valence-electron chi connectivity index (χ0n) is 14.4. The lowest BCUT2D eigenvalue weighted by atomic mass is 10.1. The molecule has 1 fully saturated rings. The van der Waals surface area contributed by atoms with E-state index in [2.05, 4.69) is 19.9 Å². The molecule has 6 nitrogen and oxygen atoms in total. The van der Waals surface area contributed by atoms with Crippen molar-refractivity contribution in [3.63, 3.8) is 0 Å². The van der Waals surface area contributed by atoms with Crippen molar-refractivity contribution in [2.45, 2.75) is 37.7 Å². The number of ether oxygens (including phenoxy) is 3. The molecule has 2 heterocycles. The van der Waals surface area contributed by atoms with E-state index >= 15 is 0 Å². The van der Waals surface area contributed by atoms with Crippen LogP contribution < -0.4 is 0 Å². The van der Waals surface area contributed by atoms with Gasteiger partial charge in [-0.15, -0.1) is 0 Å². The highest BCUT2D eigenvalue weighted by molar-refractivity contribution is 6.30. The van der Waals surface area contributed by atoms with Gasteiger partial charge in [-0.3, -0.25) is 9.84 Å². The third kappa shape index (κ3) is 3.56. The second-order valence-electron chi connectivity index (χ2n) is 6.02. The number of benzene rings is 1. The molecule has 3 rings (SSSR count). The summed E-state index contributed by atoms with van der Waals surface area (Å²) >= 11 is 5.87. The lowest BCUT2D eigenvalue weighted by Crippen LogP contribution is -2.39. The number of hydrogen-bond donors (Lipinski definition) is 1. The maximum atomic E-state index is 13.8. The molecule has 3 unspecified atom stereocenters. The van der Waals surface area contributed by atoms with Gasteiger partial charge in [-0.25, -0.2) is 4.98 Å². The summed E-state index contributed by atoms with van der Waals surface area (Å²) in [7, 11) is 0. The summed E-state index contributed by atoms with van der Waals surface area (Å²) in [6, 6.07) is 3.55. The first kappa shape index (κ1) is 20.5. The fourth-order valence-electron chi connectivity index (χ4n) is 2.59. The van der Waals surface area contributed by atoms with Crippen LogP contribution in [0.3, 0.4) is 0 Å². The number of aromatic amines is 1. The van der Waals surface area contributed by atoms with Gasteiger partial charge in [0.2, 0.25) is 5.79 Å². The summed E-state index contributed by atoms with van der Waals surface area (Å²) in [4.78, 5) is 3.96. The number of halogens is 6.